The third-order valence-corrected chi connectivity index (χ3v) is 5.77. The molecule has 0 bridgehead atoms. The van der Waals surface area contributed by atoms with Crippen molar-refractivity contribution in [3.63, 3.8) is 0 Å². The Morgan fingerprint density at radius 3 is 2.77 bits per heavy atom. The summed E-state index contributed by atoms with van der Waals surface area (Å²) in [5.41, 5.74) is 2.35. The third kappa shape index (κ3) is 3.14. The highest BCUT2D eigenvalue weighted by molar-refractivity contribution is 5.96. The first-order valence-electron chi connectivity index (χ1n) is 9.34. The standard InChI is InChI=1S/C22H24FNO2/c1-15-8-9-16(14-19(15)23)13-17-5-2-3-6-18(17)21(25)24-12-4-7-20(24)22(26)10-11-22/h2-3,5-6,8-9,14,20,26H,4,7,10-13H2,1H3. The summed E-state index contributed by atoms with van der Waals surface area (Å²) in [4.78, 5) is 15.1. The molecule has 1 aliphatic heterocycles. The summed E-state index contributed by atoms with van der Waals surface area (Å²) < 4.78 is 13.9. The van der Waals surface area contributed by atoms with Gasteiger partial charge in [-0.05, 0) is 67.9 Å². The van der Waals surface area contributed by atoms with Crippen LogP contribution in [0, 0.1) is 12.7 Å². The average Bonchev–Trinajstić information content (AvgIpc) is 3.19. The summed E-state index contributed by atoms with van der Waals surface area (Å²) >= 11 is 0. The van der Waals surface area contributed by atoms with Gasteiger partial charge in [-0.1, -0.05) is 30.3 Å². The first-order chi connectivity index (χ1) is 12.5. The number of rotatable bonds is 4. The zero-order chi connectivity index (χ0) is 18.3. The Balaban J connectivity index is 1.61. The van der Waals surface area contributed by atoms with Crippen LogP contribution >= 0.6 is 0 Å². The van der Waals surface area contributed by atoms with Crippen molar-refractivity contribution in [3.8, 4) is 0 Å². The summed E-state index contributed by atoms with van der Waals surface area (Å²) in [5, 5.41) is 10.5. The molecule has 136 valence electrons. The number of halogens is 1. The lowest BCUT2D eigenvalue weighted by atomic mass is 9.97. The van der Waals surface area contributed by atoms with Crippen LogP contribution in [0.2, 0.25) is 0 Å². The fourth-order valence-electron chi connectivity index (χ4n) is 4.03. The monoisotopic (exact) mass is 353 g/mol. The van der Waals surface area contributed by atoms with Crippen molar-refractivity contribution in [2.75, 3.05) is 6.54 Å². The van der Waals surface area contributed by atoms with Gasteiger partial charge in [0, 0.05) is 12.1 Å². The van der Waals surface area contributed by atoms with Crippen molar-refractivity contribution < 1.29 is 14.3 Å². The second-order valence-corrected chi connectivity index (χ2v) is 7.68. The Kier molecular flexibility index (Phi) is 4.31. The molecule has 1 saturated carbocycles. The number of hydrogen-bond donors (Lipinski definition) is 1. The van der Waals surface area contributed by atoms with E-state index in [1.54, 1.807) is 19.1 Å². The molecule has 2 fully saturated rings. The van der Waals surface area contributed by atoms with Crippen LogP contribution in [0.3, 0.4) is 0 Å². The molecule has 1 aliphatic carbocycles. The van der Waals surface area contributed by atoms with E-state index in [0.29, 0.717) is 24.1 Å². The van der Waals surface area contributed by atoms with Crippen molar-refractivity contribution in [2.45, 2.75) is 50.7 Å². The van der Waals surface area contributed by atoms with Gasteiger partial charge in [0.05, 0.1) is 11.6 Å². The van der Waals surface area contributed by atoms with E-state index in [1.165, 1.54) is 0 Å². The predicted octanol–water partition coefficient (Wildman–Crippen LogP) is 3.85. The highest BCUT2D eigenvalue weighted by Crippen LogP contribution is 2.45. The predicted molar refractivity (Wildman–Crippen MR) is 98.6 cm³/mol. The van der Waals surface area contributed by atoms with E-state index in [9.17, 15) is 14.3 Å². The van der Waals surface area contributed by atoms with Gasteiger partial charge in [0.15, 0.2) is 0 Å². The summed E-state index contributed by atoms with van der Waals surface area (Å²) in [6, 6.07) is 12.7. The van der Waals surface area contributed by atoms with Crippen LogP contribution in [0.4, 0.5) is 4.39 Å². The van der Waals surface area contributed by atoms with Crippen LogP contribution < -0.4 is 0 Å². The summed E-state index contributed by atoms with van der Waals surface area (Å²) in [7, 11) is 0. The zero-order valence-electron chi connectivity index (χ0n) is 15.0. The van der Waals surface area contributed by atoms with Gasteiger partial charge in [0.2, 0.25) is 0 Å². The maximum Gasteiger partial charge on any atom is 0.254 e. The molecule has 0 spiro atoms. The molecule has 1 unspecified atom stereocenters. The van der Waals surface area contributed by atoms with Crippen molar-refractivity contribution in [1.29, 1.82) is 0 Å². The van der Waals surface area contributed by atoms with Gasteiger partial charge in [0.1, 0.15) is 5.82 Å². The Labute approximate surface area is 153 Å². The molecule has 0 aromatic heterocycles. The number of aliphatic hydroxyl groups is 1. The number of likely N-dealkylation sites (tertiary alicyclic amines) is 1. The van der Waals surface area contributed by atoms with Crippen LogP contribution in [-0.2, 0) is 6.42 Å². The maximum atomic E-state index is 13.9. The minimum Gasteiger partial charge on any atom is -0.388 e. The zero-order valence-corrected chi connectivity index (χ0v) is 15.0. The van der Waals surface area contributed by atoms with Gasteiger partial charge in [-0.3, -0.25) is 4.79 Å². The van der Waals surface area contributed by atoms with Gasteiger partial charge in [-0.2, -0.15) is 0 Å². The lowest BCUT2D eigenvalue weighted by Crippen LogP contribution is -2.44. The van der Waals surface area contributed by atoms with Gasteiger partial charge in [-0.15, -0.1) is 0 Å². The van der Waals surface area contributed by atoms with Crippen LogP contribution in [0.15, 0.2) is 42.5 Å². The minimum atomic E-state index is -0.679. The molecule has 1 atom stereocenters. The van der Waals surface area contributed by atoms with Crippen LogP contribution in [0.1, 0.15) is 52.7 Å². The molecule has 1 amide bonds. The second-order valence-electron chi connectivity index (χ2n) is 7.68. The summed E-state index contributed by atoms with van der Waals surface area (Å²) in [6.07, 6.45) is 3.89. The lowest BCUT2D eigenvalue weighted by molar-refractivity contribution is 0.0386. The van der Waals surface area contributed by atoms with Crippen LogP contribution in [-0.4, -0.2) is 34.1 Å². The molecule has 26 heavy (non-hydrogen) atoms. The second kappa shape index (κ2) is 6.51. The number of hydrogen-bond acceptors (Lipinski definition) is 2. The quantitative estimate of drug-likeness (QED) is 0.907. The molecule has 1 heterocycles. The molecule has 0 radical (unpaired) electrons. The molecule has 1 saturated heterocycles. The normalized spacial score (nSPS) is 21.0. The van der Waals surface area contributed by atoms with Crippen LogP contribution in [0.25, 0.3) is 0 Å². The summed E-state index contributed by atoms with van der Waals surface area (Å²) in [5.74, 6) is -0.238. The van der Waals surface area contributed by atoms with E-state index in [0.717, 1.165) is 36.8 Å². The Morgan fingerprint density at radius 2 is 2.04 bits per heavy atom. The number of nitrogens with zero attached hydrogens (tertiary/aromatic N) is 1. The molecular formula is C22H24FNO2. The number of aryl methyl sites for hydroxylation is 1. The van der Waals surface area contributed by atoms with E-state index in [1.807, 2.05) is 35.2 Å². The Bertz CT molecular complexity index is 844. The van der Waals surface area contributed by atoms with E-state index < -0.39 is 5.60 Å². The van der Waals surface area contributed by atoms with Crippen LogP contribution in [0.5, 0.6) is 0 Å². The molecule has 2 aromatic carbocycles. The average molecular weight is 353 g/mol. The van der Waals surface area contributed by atoms with Crippen molar-refractivity contribution in [3.05, 3.63) is 70.5 Å². The molecule has 3 nitrogen and oxygen atoms in total. The van der Waals surface area contributed by atoms with Gasteiger partial charge >= 0.3 is 0 Å². The smallest absolute Gasteiger partial charge is 0.254 e. The number of benzene rings is 2. The van der Waals surface area contributed by atoms with E-state index in [2.05, 4.69) is 0 Å². The fraction of sp³-hybridized carbons (Fsp3) is 0.409. The molecule has 4 heteroatoms. The number of carbonyl (C=O) groups excluding carboxylic acids is 1. The topological polar surface area (TPSA) is 40.5 Å². The molecule has 4 rings (SSSR count). The van der Waals surface area contributed by atoms with E-state index in [4.69, 9.17) is 0 Å². The molecular weight excluding hydrogens is 329 g/mol. The van der Waals surface area contributed by atoms with Gasteiger partial charge in [-0.25, -0.2) is 4.39 Å². The van der Waals surface area contributed by atoms with E-state index in [-0.39, 0.29) is 17.8 Å². The highest BCUT2D eigenvalue weighted by atomic mass is 19.1. The molecule has 1 N–H and O–H groups in total. The Morgan fingerprint density at radius 1 is 1.27 bits per heavy atom. The minimum absolute atomic E-state index is 0.0176. The largest absolute Gasteiger partial charge is 0.388 e. The highest BCUT2D eigenvalue weighted by Gasteiger charge is 2.52. The lowest BCUT2D eigenvalue weighted by Gasteiger charge is -2.29. The first-order valence-corrected chi connectivity index (χ1v) is 9.34. The van der Waals surface area contributed by atoms with Crippen molar-refractivity contribution >= 4 is 5.91 Å². The molecule has 2 aliphatic rings. The number of carbonyl (C=O) groups is 1. The maximum absolute atomic E-state index is 13.9. The molecule has 2 aromatic rings. The first kappa shape index (κ1) is 17.2. The van der Waals surface area contributed by atoms with Crippen molar-refractivity contribution in [2.24, 2.45) is 0 Å². The van der Waals surface area contributed by atoms with Crippen molar-refractivity contribution in [1.82, 2.24) is 4.90 Å². The van der Waals surface area contributed by atoms with E-state index >= 15 is 0 Å². The number of amides is 1. The van der Waals surface area contributed by atoms with Gasteiger partial charge in [0.25, 0.3) is 5.91 Å². The van der Waals surface area contributed by atoms with Gasteiger partial charge < -0.3 is 10.0 Å². The Hall–Kier alpha value is -2.20. The third-order valence-electron chi connectivity index (χ3n) is 5.77. The SMILES string of the molecule is Cc1ccc(Cc2ccccc2C(=O)N2CCCC2C2(O)CC2)cc1F. The summed E-state index contributed by atoms with van der Waals surface area (Å²) in [6.45, 7) is 2.44. The fourth-order valence-corrected chi connectivity index (χ4v) is 4.03.